The summed E-state index contributed by atoms with van der Waals surface area (Å²) in [6, 6.07) is 10.2. The Kier molecular flexibility index (Phi) is 4.97. The Balaban J connectivity index is 0.00000144. The largest absolute Gasteiger partial charge is 0.469 e. The predicted octanol–water partition coefficient (Wildman–Crippen LogP) is 1.93. The first-order valence-corrected chi connectivity index (χ1v) is 5.53. The summed E-state index contributed by atoms with van der Waals surface area (Å²) in [4.78, 5) is 13.9. The van der Waals surface area contributed by atoms with Gasteiger partial charge >= 0.3 is 5.97 Å². The fraction of sp³-hybridized carbons (Fsp3) is 0.462. The first-order valence-electron chi connectivity index (χ1n) is 5.53. The van der Waals surface area contributed by atoms with Crippen molar-refractivity contribution in [2.24, 2.45) is 5.92 Å². The number of esters is 1. The maximum absolute atomic E-state index is 11.7. The lowest BCUT2D eigenvalue weighted by Crippen LogP contribution is -2.23. The van der Waals surface area contributed by atoms with Crippen LogP contribution in [0.5, 0.6) is 0 Å². The molecule has 0 bridgehead atoms. The van der Waals surface area contributed by atoms with Crippen LogP contribution in [0.25, 0.3) is 0 Å². The number of likely N-dealkylation sites (tertiary alicyclic amines) is 1. The maximum Gasteiger partial charge on any atom is 0.310 e. The van der Waals surface area contributed by atoms with Crippen LogP contribution in [0, 0.1) is 5.92 Å². The molecule has 1 aliphatic rings. The zero-order valence-electron chi connectivity index (χ0n) is 10.1. The van der Waals surface area contributed by atoms with Crippen LogP contribution in [-0.4, -0.2) is 38.1 Å². The smallest absolute Gasteiger partial charge is 0.310 e. The normalized spacial score (nSPS) is 24.1. The van der Waals surface area contributed by atoms with Gasteiger partial charge in [-0.1, -0.05) is 30.3 Å². The van der Waals surface area contributed by atoms with Crippen LogP contribution in [0.15, 0.2) is 30.3 Å². The SMILES string of the molecule is COC(=O)[C@@H]1CN(C)C[C@H]1c1ccccc1.Cl. The quantitative estimate of drug-likeness (QED) is 0.757. The van der Waals surface area contributed by atoms with Crippen LogP contribution < -0.4 is 0 Å². The predicted molar refractivity (Wildman–Crippen MR) is 69.4 cm³/mol. The third-order valence-corrected chi connectivity index (χ3v) is 3.23. The third kappa shape index (κ3) is 2.99. The topological polar surface area (TPSA) is 29.5 Å². The number of rotatable bonds is 2. The van der Waals surface area contributed by atoms with Crippen molar-refractivity contribution >= 4 is 18.4 Å². The molecule has 17 heavy (non-hydrogen) atoms. The average Bonchev–Trinajstić information content (AvgIpc) is 2.71. The number of hydrogen-bond acceptors (Lipinski definition) is 3. The van der Waals surface area contributed by atoms with Crippen LogP contribution in [0.3, 0.4) is 0 Å². The Morgan fingerprint density at radius 2 is 1.94 bits per heavy atom. The van der Waals surface area contributed by atoms with Gasteiger partial charge in [0.2, 0.25) is 0 Å². The number of halogens is 1. The van der Waals surface area contributed by atoms with E-state index >= 15 is 0 Å². The average molecular weight is 256 g/mol. The molecule has 1 heterocycles. The Bertz CT molecular complexity index is 369. The van der Waals surface area contributed by atoms with Crippen LogP contribution >= 0.6 is 12.4 Å². The lowest BCUT2D eigenvalue weighted by molar-refractivity contribution is -0.145. The molecule has 0 spiro atoms. The molecule has 0 N–H and O–H groups in total. The standard InChI is InChI=1S/C13H17NO2.ClH/c1-14-8-11(10-6-4-3-5-7-10)12(9-14)13(15)16-2;/h3-7,11-12H,8-9H2,1-2H3;1H/t11-,12+;/m0./s1. The van der Waals surface area contributed by atoms with Crippen molar-refractivity contribution in [3.05, 3.63) is 35.9 Å². The van der Waals surface area contributed by atoms with Gasteiger partial charge in [0.25, 0.3) is 0 Å². The fourth-order valence-corrected chi connectivity index (χ4v) is 2.43. The van der Waals surface area contributed by atoms with E-state index in [0.29, 0.717) is 0 Å². The van der Waals surface area contributed by atoms with Crippen LogP contribution in [0.2, 0.25) is 0 Å². The second kappa shape index (κ2) is 6.03. The highest BCUT2D eigenvalue weighted by Gasteiger charge is 2.37. The van der Waals surface area contributed by atoms with Gasteiger partial charge in [-0.2, -0.15) is 0 Å². The van der Waals surface area contributed by atoms with Gasteiger partial charge in [0.1, 0.15) is 0 Å². The molecule has 3 nitrogen and oxygen atoms in total. The number of ether oxygens (including phenoxy) is 1. The van der Waals surface area contributed by atoms with Crippen molar-refractivity contribution < 1.29 is 9.53 Å². The minimum absolute atomic E-state index is 0. The molecule has 1 aromatic carbocycles. The van der Waals surface area contributed by atoms with Gasteiger partial charge in [0.05, 0.1) is 13.0 Å². The Morgan fingerprint density at radius 3 is 2.53 bits per heavy atom. The number of hydrogen-bond donors (Lipinski definition) is 0. The van der Waals surface area contributed by atoms with Gasteiger partial charge in [-0.3, -0.25) is 4.79 Å². The molecule has 0 radical (unpaired) electrons. The Labute approximate surface area is 108 Å². The fourth-order valence-electron chi connectivity index (χ4n) is 2.43. The van der Waals surface area contributed by atoms with Crippen LogP contribution in [-0.2, 0) is 9.53 Å². The summed E-state index contributed by atoms with van der Waals surface area (Å²) in [7, 11) is 3.50. The van der Waals surface area contributed by atoms with E-state index in [1.807, 2.05) is 25.2 Å². The Hall–Kier alpha value is -1.06. The highest BCUT2D eigenvalue weighted by Crippen LogP contribution is 2.32. The molecule has 0 amide bonds. The molecule has 94 valence electrons. The van der Waals surface area contributed by atoms with Crippen molar-refractivity contribution in [3.63, 3.8) is 0 Å². The van der Waals surface area contributed by atoms with Crippen molar-refractivity contribution in [2.75, 3.05) is 27.2 Å². The zero-order valence-corrected chi connectivity index (χ0v) is 10.9. The molecule has 1 aromatic rings. The van der Waals surface area contributed by atoms with Crippen molar-refractivity contribution in [2.45, 2.75) is 5.92 Å². The van der Waals surface area contributed by atoms with E-state index in [0.717, 1.165) is 13.1 Å². The molecule has 0 unspecified atom stereocenters. The third-order valence-electron chi connectivity index (χ3n) is 3.23. The number of carbonyl (C=O) groups is 1. The number of carbonyl (C=O) groups excluding carboxylic acids is 1. The van der Waals surface area contributed by atoms with Crippen molar-refractivity contribution in [1.82, 2.24) is 4.90 Å². The van der Waals surface area contributed by atoms with Crippen LogP contribution in [0.4, 0.5) is 0 Å². The summed E-state index contributed by atoms with van der Waals surface area (Å²) < 4.78 is 4.87. The Morgan fingerprint density at radius 1 is 1.29 bits per heavy atom. The molecule has 2 atom stereocenters. The molecule has 1 aliphatic heterocycles. The number of benzene rings is 1. The van der Waals surface area contributed by atoms with E-state index in [-0.39, 0.29) is 30.2 Å². The summed E-state index contributed by atoms with van der Waals surface area (Å²) in [6.45, 7) is 1.70. The maximum atomic E-state index is 11.7. The van der Waals surface area contributed by atoms with E-state index < -0.39 is 0 Å². The number of methoxy groups -OCH3 is 1. The number of likely N-dealkylation sites (N-methyl/N-ethyl adjacent to an activating group) is 1. The van der Waals surface area contributed by atoms with Crippen molar-refractivity contribution in [3.8, 4) is 0 Å². The highest BCUT2D eigenvalue weighted by molar-refractivity contribution is 5.85. The molecule has 0 aromatic heterocycles. The summed E-state index contributed by atoms with van der Waals surface area (Å²) in [5.74, 6) is 0.134. The summed E-state index contributed by atoms with van der Waals surface area (Å²) in [6.07, 6.45) is 0. The molecule has 0 aliphatic carbocycles. The first kappa shape index (κ1) is 14.0. The second-order valence-electron chi connectivity index (χ2n) is 4.37. The van der Waals surface area contributed by atoms with Crippen LogP contribution in [0.1, 0.15) is 11.5 Å². The zero-order chi connectivity index (χ0) is 11.5. The molecule has 0 saturated carbocycles. The monoisotopic (exact) mass is 255 g/mol. The molecule has 1 fully saturated rings. The highest BCUT2D eigenvalue weighted by atomic mass is 35.5. The molecule has 4 heteroatoms. The summed E-state index contributed by atoms with van der Waals surface area (Å²) >= 11 is 0. The second-order valence-corrected chi connectivity index (χ2v) is 4.37. The molecule has 2 rings (SSSR count). The molecular weight excluding hydrogens is 238 g/mol. The van der Waals surface area contributed by atoms with E-state index in [4.69, 9.17) is 4.74 Å². The summed E-state index contributed by atoms with van der Waals surface area (Å²) in [5.41, 5.74) is 1.22. The van der Waals surface area contributed by atoms with Gasteiger partial charge in [-0.05, 0) is 12.6 Å². The minimum atomic E-state index is -0.0989. The lowest BCUT2D eigenvalue weighted by Gasteiger charge is -2.16. The van der Waals surface area contributed by atoms with Gasteiger partial charge in [0, 0.05) is 19.0 Å². The van der Waals surface area contributed by atoms with E-state index in [1.54, 1.807) is 0 Å². The molecular formula is C13H18ClNO2. The van der Waals surface area contributed by atoms with Gasteiger partial charge < -0.3 is 9.64 Å². The minimum Gasteiger partial charge on any atom is -0.469 e. The molecule has 1 saturated heterocycles. The van der Waals surface area contributed by atoms with Crippen molar-refractivity contribution in [1.29, 1.82) is 0 Å². The first-order chi connectivity index (χ1) is 7.72. The summed E-state index contributed by atoms with van der Waals surface area (Å²) in [5, 5.41) is 0. The van der Waals surface area contributed by atoms with E-state index in [2.05, 4.69) is 17.0 Å². The van der Waals surface area contributed by atoms with E-state index in [9.17, 15) is 4.79 Å². The van der Waals surface area contributed by atoms with E-state index in [1.165, 1.54) is 12.7 Å². The lowest BCUT2D eigenvalue weighted by atomic mass is 9.89. The van der Waals surface area contributed by atoms with Gasteiger partial charge in [0.15, 0.2) is 0 Å². The van der Waals surface area contributed by atoms with Gasteiger partial charge in [-0.15, -0.1) is 12.4 Å². The number of nitrogens with zero attached hydrogens (tertiary/aromatic N) is 1. The van der Waals surface area contributed by atoms with Gasteiger partial charge in [-0.25, -0.2) is 0 Å².